The molecule has 3 atom stereocenters. The third kappa shape index (κ3) is 2.82. The molecule has 0 aliphatic carbocycles. The highest BCUT2D eigenvalue weighted by atomic mass is 32.2. The molecule has 128 valence electrons. The number of aliphatic carboxylic acids is 1. The largest absolute Gasteiger partial charge is 0.482 e. The first-order valence-electron chi connectivity index (χ1n) is 7.41. The van der Waals surface area contributed by atoms with E-state index >= 15 is 0 Å². The number of carbonyl (C=O) groups excluding carboxylic acids is 2. The molecule has 1 aromatic carbocycles. The fourth-order valence-corrected chi connectivity index (χ4v) is 4.52. The Morgan fingerprint density at radius 2 is 1.96 bits per heavy atom. The molecule has 3 rings (SSSR count). The van der Waals surface area contributed by atoms with Gasteiger partial charge in [0.15, 0.2) is 6.61 Å². The van der Waals surface area contributed by atoms with Crippen molar-refractivity contribution in [2.75, 3.05) is 6.61 Å². The second-order valence-corrected chi connectivity index (χ2v) is 7.88. The number of thioether (sulfide) groups is 1. The van der Waals surface area contributed by atoms with Crippen molar-refractivity contribution in [2.24, 2.45) is 0 Å². The van der Waals surface area contributed by atoms with Crippen molar-refractivity contribution >= 4 is 29.6 Å². The predicted molar refractivity (Wildman–Crippen MR) is 85.5 cm³/mol. The number of carbonyl (C=O) groups is 3. The number of fused-ring (bicyclic) bond motifs is 1. The summed E-state index contributed by atoms with van der Waals surface area (Å²) >= 11 is 1.33. The number of carboxylic acid groups (broad SMARTS) is 1. The van der Waals surface area contributed by atoms with Gasteiger partial charge in [-0.3, -0.25) is 4.79 Å². The third-order valence-corrected chi connectivity index (χ3v) is 5.53. The van der Waals surface area contributed by atoms with Gasteiger partial charge in [0.2, 0.25) is 6.10 Å². The maximum Gasteiger partial charge on any atom is 0.345 e. The van der Waals surface area contributed by atoms with E-state index in [-0.39, 0.29) is 6.61 Å². The molecule has 2 aliphatic heterocycles. The molecule has 0 radical (unpaired) electrons. The summed E-state index contributed by atoms with van der Waals surface area (Å²) in [6.45, 7) is 3.22. The van der Waals surface area contributed by atoms with Crippen molar-refractivity contribution < 1.29 is 29.0 Å². The summed E-state index contributed by atoms with van der Waals surface area (Å²) in [5, 5.41) is 8.87. The SMILES string of the molecule is CC1(C)S[C@H]2[C@@H](OC(=O)COc3ccccc3)C(=O)N2C1C(=O)O. The summed E-state index contributed by atoms with van der Waals surface area (Å²) in [4.78, 5) is 36.8. The molecule has 0 aromatic heterocycles. The molecule has 1 N–H and O–H groups in total. The third-order valence-electron chi connectivity index (χ3n) is 3.98. The van der Waals surface area contributed by atoms with Crippen LogP contribution in [0.5, 0.6) is 5.75 Å². The van der Waals surface area contributed by atoms with E-state index in [2.05, 4.69) is 0 Å². The number of ether oxygens (including phenoxy) is 2. The van der Waals surface area contributed by atoms with Crippen LogP contribution in [-0.2, 0) is 19.1 Å². The zero-order valence-corrected chi connectivity index (χ0v) is 14.0. The van der Waals surface area contributed by atoms with E-state index in [1.807, 2.05) is 6.07 Å². The van der Waals surface area contributed by atoms with Crippen LogP contribution in [0.15, 0.2) is 30.3 Å². The van der Waals surface area contributed by atoms with E-state index in [9.17, 15) is 19.5 Å². The van der Waals surface area contributed by atoms with E-state index < -0.39 is 40.1 Å². The number of carboxylic acids is 1. The topological polar surface area (TPSA) is 93.1 Å². The van der Waals surface area contributed by atoms with Crippen molar-refractivity contribution in [1.29, 1.82) is 0 Å². The molecule has 24 heavy (non-hydrogen) atoms. The van der Waals surface area contributed by atoms with Gasteiger partial charge in [-0.15, -0.1) is 11.8 Å². The molecule has 0 spiro atoms. The molecule has 2 heterocycles. The van der Waals surface area contributed by atoms with Crippen LogP contribution in [0.2, 0.25) is 0 Å². The summed E-state index contributed by atoms with van der Waals surface area (Å²) in [6, 6.07) is 7.86. The standard InChI is InChI=1S/C16H17NO6S/c1-16(2)12(15(20)21)17-13(19)11(14(17)24-16)23-10(18)8-22-9-6-4-3-5-7-9/h3-7,11-12,14H,8H2,1-2H3,(H,20,21)/t11-,12?,14-/m0/s1. The maximum atomic E-state index is 12.2. The van der Waals surface area contributed by atoms with Crippen molar-refractivity contribution in [3.63, 3.8) is 0 Å². The van der Waals surface area contributed by atoms with E-state index in [0.717, 1.165) is 0 Å². The number of hydrogen-bond donors (Lipinski definition) is 1. The molecule has 2 fully saturated rings. The Balaban J connectivity index is 1.59. The first kappa shape index (κ1) is 16.6. The van der Waals surface area contributed by atoms with E-state index in [1.54, 1.807) is 38.1 Å². The predicted octanol–water partition coefficient (Wildman–Crippen LogP) is 1.12. The second kappa shape index (κ2) is 6.01. The Hall–Kier alpha value is -2.22. The van der Waals surface area contributed by atoms with Gasteiger partial charge in [-0.25, -0.2) is 9.59 Å². The zero-order chi connectivity index (χ0) is 17.5. The highest BCUT2D eigenvalue weighted by Gasteiger charge is 2.65. The molecule has 1 unspecified atom stereocenters. The van der Waals surface area contributed by atoms with Crippen LogP contribution in [-0.4, -0.2) is 56.7 Å². The van der Waals surface area contributed by atoms with Gasteiger partial charge in [-0.2, -0.15) is 0 Å². The van der Waals surface area contributed by atoms with Crippen molar-refractivity contribution in [1.82, 2.24) is 4.90 Å². The summed E-state index contributed by atoms with van der Waals surface area (Å²) in [7, 11) is 0. The lowest BCUT2D eigenvalue weighted by molar-refractivity contribution is -0.182. The lowest BCUT2D eigenvalue weighted by Gasteiger charge is -2.42. The van der Waals surface area contributed by atoms with Crippen LogP contribution in [0.1, 0.15) is 13.8 Å². The molecule has 0 saturated carbocycles. The Kier molecular flexibility index (Phi) is 4.16. The monoisotopic (exact) mass is 351 g/mol. The minimum atomic E-state index is -1.06. The second-order valence-electron chi connectivity index (χ2n) is 6.11. The Labute approximate surface area is 142 Å². The van der Waals surface area contributed by atoms with Crippen LogP contribution >= 0.6 is 11.8 Å². The molecular weight excluding hydrogens is 334 g/mol. The lowest BCUT2D eigenvalue weighted by atomic mass is 9.97. The summed E-state index contributed by atoms with van der Waals surface area (Å²) in [6.07, 6.45) is -0.953. The van der Waals surface area contributed by atoms with E-state index in [0.29, 0.717) is 5.75 Å². The van der Waals surface area contributed by atoms with E-state index in [4.69, 9.17) is 9.47 Å². The van der Waals surface area contributed by atoms with Gasteiger partial charge in [0.1, 0.15) is 17.2 Å². The van der Waals surface area contributed by atoms with Gasteiger partial charge >= 0.3 is 11.9 Å². The highest BCUT2D eigenvalue weighted by molar-refractivity contribution is 8.01. The van der Waals surface area contributed by atoms with E-state index in [1.165, 1.54) is 16.7 Å². The molecule has 0 bridgehead atoms. The molecular formula is C16H17NO6S. The van der Waals surface area contributed by atoms with Crippen LogP contribution in [0.25, 0.3) is 0 Å². The first-order chi connectivity index (χ1) is 11.3. The minimum Gasteiger partial charge on any atom is -0.482 e. The number of benzene rings is 1. The van der Waals surface area contributed by atoms with Crippen molar-refractivity contribution in [3.8, 4) is 5.75 Å². The number of hydrogen-bond acceptors (Lipinski definition) is 6. The van der Waals surface area contributed by atoms with Crippen LogP contribution < -0.4 is 4.74 Å². The summed E-state index contributed by atoms with van der Waals surface area (Å²) in [5.41, 5.74) is 0. The maximum absolute atomic E-state index is 12.2. The smallest absolute Gasteiger partial charge is 0.345 e. The number of para-hydroxylation sites is 1. The van der Waals surface area contributed by atoms with Crippen LogP contribution in [0.4, 0.5) is 0 Å². The van der Waals surface area contributed by atoms with Crippen LogP contribution in [0, 0.1) is 0 Å². The number of rotatable bonds is 5. The van der Waals surface area contributed by atoms with Crippen LogP contribution in [0.3, 0.4) is 0 Å². The molecule has 7 nitrogen and oxygen atoms in total. The van der Waals surface area contributed by atoms with Gasteiger partial charge < -0.3 is 19.5 Å². The summed E-state index contributed by atoms with van der Waals surface area (Å²) < 4.78 is 9.83. The average Bonchev–Trinajstić information content (AvgIpc) is 2.80. The molecule has 2 aliphatic rings. The van der Waals surface area contributed by atoms with Crippen molar-refractivity contribution in [2.45, 2.75) is 36.1 Å². The normalized spacial score (nSPS) is 27.2. The first-order valence-corrected chi connectivity index (χ1v) is 8.29. The molecule has 8 heteroatoms. The molecule has 1 amide bonds. The Bertz CT molecular complexity index is 676. The zero-order valence-electron chi connectivity index (χ0n) is 13.2. The summed E-state index contributed by atoms with van der Waals surface area (Å²) in [5.74, 6) is -1.66. The Morgan fingerprint density at radius 3 is 2.58 bits per heavy atom. The number of β-lactam (4-membered cyclic amide) rings is 1. The number of nitrogens with zero attached hydrogens (tertiary/aromatic N) is 1. The van der Waals surface area contributed by atoms with Gasteiger partial charge in [-0.1, -0.05) is 18.2 Å². The van der Waals surface area contributed by atoms with Gasteiger partial charge in [0.25, 0.3) is 5.91 Å². The fourth-order valence-electron chi connectivity index (χ4n) is 2.92. The van der Waals surface area contributed by atoms with Crippen molar-refractivity contribution in [3.05, 3.63) is 30.3 Å². The molecule has 1 aromatic rings. The number of esters is 1. The minimum absolute atomic E-state index is 0.309. The molecule has 2 saturated heterocycles. The lowest BCUT2D eigenvalue weighted by Crippen LogP contribution is -2.66. The highest BCUT2D eigenvalue weighted by Crippen LogP contribution is 2.51. The number of amides is 1. The van der Waals surface area contributed by atoms with Gasteiger partial charge in [0, 0.05) is 4.75 Å². The average molecular weight is 351 g/mol. The fraction of sp³-hybridized carbons (Fsp3) is 0.438. The Morgan fingerprint density at radius 1 is 1.29 bits per heavy atom. The quantitative estimate of drug-likeness (QED) is 0.628. The van der Waals surface area contributed by atoms with Gasteiger partial charge in [0.05, 0.1) is 0 Å². The van der Waals surface area contributed by atoms with Gasteiger partial charge in [-0.05, 0) is 26.0 Å².